The largest absolute Gasteiger partial charge is 0.485 e. The predicted octanol–water partition coefficient (Wildman–Crippen LogP) is 3.88. The van der Waals surface area contributed by atoms with Crippen LogP contribution in [0.5, 0.6) is 0 Å². The SMILES string of the molecule is CCC/C=C\C(=O)/C(OCc1ccccc1)=C(\C)CC(=O)O. The van der Waals surface area contributed by atoms with Crippen molar-refractivity contribution in [2.24, 2.45) is 0 Å². The first-order valence-electron chi connectivity index (χ1n) is 7.33. The number of allylic oxidation sites excluding steroid dienone is 2. The van der Waals surface area contributed by atoms with Gasteiger partial charge in [0, 0.05) is 0 Å². The van der Waals surface area contributed by atoms with Crippen molar-refractivity contribution < 1.29 is 19.4 Å². The van der Waals surface area contributed by atoms with E-state index in [9.17, 15) is 9.59 Å². The molecule has 0 unspecified atom stereocenters. The standard InChI is InChI=1S/C18H22O4/c1-3-4-6-11-16(19)18(14(2)12-17(20)21)22-13-15-9-7-5-8-10-15/h5-11H,3-4,12-13H2,1-2H3,(H,20,21)/b11-6-,18-14-. The van der Waals surface area contributed by atoms with Crippen LogP contribution in [0.3, 0.4) is 0 Å². The lowest BCUT2D eigenvalue weighted by Gasteiger charge is -2.11. The summed E-state index contributed by atoms with van der Waals surface area (Å²) in [5.74, 6) is -1.15. The van der Waals surface area contributed by atoms with Gasteiger partial charge < -0.3 is 9.84 Å². The number of carbonyl (C=O) groups is 2. The summed E-state index contributed by atoms with van der Waals surface area (Å²) in [5.41, 5.74) is 1.35. The van der Waals surface area contributed by atoms with Crippen molar-refractivity contribution in [2.45, 2.75) is 39.7 Å². The Balaban J connectivity index is 2.86. The number of hydrogen-bond donors (Lipinski definition) is 1. The van der Waals surface area contributed by atoms with Gasteiger partial charge in [0.15, 0.2) is 5.76 Å². The van der Waals surface area contributed by atoms with Crippen molar-refractivity contribution in [1.29, 1.82) is 0 Å². The van der Waals surface area contributed by atoms with Gasteiger partial charge in [0.2, 0.25) is 5.78 Å². The predicted molar refractivity (Wildman–Crippen MR) is 85.2 cm³/mol. The fourth-order valence-corrected chi connectivity index (χ4v) is 1.87. The molecule has 0 aliphatic heterocycles. The summed E-state index contributed by atoms with van der Waals surface area (Å²) < 4.78 is 5.60. The van der Waals surface area contributed by atoms with Gasteiger partial charge in [0.05, 0.1) is 6.42 Å². The number of carbonyl (C=O) groups excluding carboxylic acids is 1. The van der Waals surface area contributed by atoms with Gasteiger partial charge in [-0.25, -0.2) is 0 Å². The molecule has 0 amide bonds. The Bertz CT molecular complexity index is 556. The zero-order valence-electron chi connectivity index (χ0n) is 13.0. The number of aliphatic carboxylic acids is 1. The van der Waals surface area contributed by atoms with E-state index >= 15 is 0 Å². The maximum Gasteiger partial charge on any atom is 0.307 e. The lowest BCUT2D eigenvalue weighted by molar-refractivity contribution is -0.136. The molecule has 0 spiro atoms. The lowest BCUT2D eigenvalue weighted by Crippen LogP contribution is -2.09. The summed E-state index contributed by atoms with van der Waals surface area (Å²) in [4.78, 5) is 23.1. The monoisotopic (exact) mass is 302 g/mol. The molecule has 0 fully saturated rings. The highest BCUT2D eigenvalue weighted by Gasteiger charge is 2.14. The van der Waals surface area contributed by atoms with Crippen molar-refractivity contribution in [2.75, 3.05) is 0 Å². The summed E-state index contributed by atoms with van der Waals surface area (Å²) in [5, 5.41) is 8.89. The van der Waals surface area contributed by atoms with Gasteiger partial charge in [-0.05, 0) is 30.6 Å². The zero-order valence-corrected chi connectivity index (χ0v) is 13.0. The van der Waals surface area contributed by atoms with Gasteiger partial charge in [0.25, 0.3) is 0 Å². The van der Waals surface area contributed by atoms with Gasteiger partial charge in [-0.3, -0.25) is 9.59 Å². The Labute approximate surface area is 131 Å². The number of ether oxygens (including phenoxy) is 1. The maximum atomic E-state index is 12.2. The Kier molecular flexibility index (Phi) is 7.68. The third-order valence-corrected chi connectivity index (χ3v) is 2.98. The molecule has 118 valence electrons. The first-order valence-corrected chi connectivity index (χ1v) is 7.33. The second kappa shape index (κ2) is 9.55. The van der Waals surface area contributed by atoms with Crippen LogP contribution in [0, 0.1) is 0 Å². The molecule has 1 N–H and O–H groups in total. The van der Waals surface area contributed by atoms with Crippen molar-refractivity contribution in [3.63, 3.8) is 0 Å². The molecule has 4 heteroatoms. The highest BCUT2D eigenvalue weighted by Crippen LogP contribution is 2.15. The smallest absolute Gasteiger partial charge is 0.307 e. The number of carboxylic acids is 1. The van der Waals surface area contributed by atoms with Crippen LogP contribution in [0.1, 0.15) is 38.7 Å². The van der Waals surface area contributed by atoms with E-state index in [4.69, 9.17) is 9.84 Å². The minimum absolute atomic E-state index is 0.124. The molecule has 22 heavy (non-hydrogen) atoms. The highest BCUT2D eigenvalue weighted by molar-refractivity contribution is 6.03. The summed E-state index contributed by atoms with van der Waals surface area (Å²) in [6.45, 7) is 3.87. The summed E-state index contributed by atoms with van der Waals surface area (Å²) in [6.07, 6.45) is 4.77. The normalized spacial score (nSPS) is 12.1. The average molecular weight is 302 g/mol. The molecule has 4 nitrogen and oxygen atoms in total. The number of ketones is 1. The molecule has 1 aromatic carbocycles. The van der Waals surface area contributed by atoms with Crippen LogP contribution in [0.4, 0.5) is 0 Å². The van der Waals surface area contributed by atoms with Crippen LogP contribution in [0.25, 0.3) is 0 Å². The van der Waals surface area contributed by atoms with Gasteiger partial charge in [-0.2, -0.15) is 0 Å². The van der Waals surface area contributed by atoms with E-state index in [2.05, 4.69) is 0 Å². The number of hydrogen-bond acceptors (Lipinski definition) is 3. The first-order chi connectivity index (χ1) is 10.5. The number of benzene rings is 1. The van der Waals surface area contributed by atoms with E-state index in [0.29, 0.717) is 5.57 Å². The van der Waals surface area contributed by atoms with Crippen molar-refractivity contribution in [3.05, 3.63) is 59.4 Å². The minimum atomic E-state index is -0.983. The maximum absolute atomic E-state index is 12.2. The third-order valence-electron chi connectivity index (χ3n) is 2.98. The van der Waals surface area contributed by atoms with Crippen LogP contribution < -0.4 is 0 Å². The number of carboxylic acid groups (broad SMARTS) is 1. The Morgan fingerprint density at radius 3 is 2.50 bits per heavy atom. The third kappa shape index (κ3) is 6.39. The number of rotatable bonds is 9. The van der Waals surface area contributed by atoms with E-state index in [0.717, 1.165) is 18.4 Å². The number of unbranched alkanes of at least 4 members (excludes halogenated alkanes) is 1. The van der Waals surface area contributed by atoms with Gasteiger partial charge in [-0.1, -0.05) is 49.8 Å². The molecule has 0 aromatic heterocycles. The van der Waals surface area contributed by atoms with Crippen LogP contribution in [-0.4, -0.2) is 16.9 Å². The average Bonchev–Trinajstić information content (AvgIpc) is 2.48. The Morgan fingerprint density at radius 1 is 1.23 bits per heavy atom. The van der Waals surface area contributed by atoms with Crippen LogP contribution in [-0.2, 0) is 20.9 Å². The molecular formula is C18H22O4. The van der Waals surface area contributed by atoms with E-state index in [-0.39, 0.29) is 24.6 Å². The molecule has 0 aliphatic rings. The molecule has 0 saturated heterocycles. The van der Waals surface area contributed by atoms with Crippen molar-refractivity contribution in [1.82, 2.24) is 0 Å². The van der Waals surface area contributed by atoms with Crippen LogP contribution in [0.2, 0.25) is 0 Å². The quantitative estimate of drug-likeness (QED) is 0.555. The molecule has 0 saturated carbocycles. The first kappa shape index (κ1) is 17.7. The molecule has 0 bridgehead atoms. The molecule has 0 atom stereocenters. The summed E-state index contributed by atoms with van der Waals surface area (Å²) in [6, 6.07) is 9.45. The van der Waals surface area contributed by atoms with Crippen molar-refractivity contribution >= 4 is 11.8 Å². The molecule has 1 aromatic rings. The molecule has 1 rings (SSSR count). The zero-order chi connectivity index (χ0) is 16.4. The fraction of sp³-hybridized carbons (Fsp3) is 0.333. The second-order valence-electron chi connectivity index (χ2n) is 5.01. The summed E-state index contributed by atoms with van der Waals surface area (Å²) in [7, 11) is 0. The fourth-order valence-electron chi connectivity index (χ4n) is 1.87. The second-order valence-corrected chi connectivity index (χ2v) is 5.01. The van der Waals surface area contributed by atoms with Crippen molar-refractivity contribution in [3.8, 4) is 0 Å². The van der Waals surface area contributed by atoms with Crippen LogP contribution in [0.15, 0.2) is 53.8 Å². The van der Waals surface area contributed by atoms with E-state index in [1.165, 1.54) is 6.08 Å². The van der Waals surface area contributed by atoms with Gasteiger partial charge in [0.1, 0.15) is 6.61 Å². The van der Waals surface area contributed by atoms with Crippen LogP contribution >= 0.6 is 0 Å². The van der Waals surface area contributed by atoms with E-state index in [1.807, 2.05) is 37.3 Å². The lowest BCUT2D eigenvalue weighted by atomic mass is 10.1. The van der Waals surface area contributed by atoms with Gasteiger partial charge >= 0.3 is 5.97 Å². The minimum Gasteiger partial charge on any atom is -0.485 e. The molecule has 0 radical (unpaired) electrons. The van der Waals surface area contributed by atoms with Gasteiger partial charge in [-0.15, -0.1) is 0 Å². The molecule has 0 heterocycles. The Hall–Kier alpha value is -2.36. The molecule has 0 aliphatic carbocycles. The highest BCUT2D eigenvalue weighted by atomic mass is 16.5. The van der Waals surface area contributed by atoms with E-state index in [1.54, 1.807) is 13.0 Å². The van der Waals surface area contributed by atoms with E-state index < -0.39 is 5.97 Å². The summed E-state index contributed by atoms with van der Waals surface area (Å²) >= 11 is 0. The topological polar surface area (TPSA) is 63.6 Å². The molecular weight excluding hydrogens is 280 g/mol. The Morgan fingerprint density at radius 2 is 1.91 bits per heavy atom.